The number of hydrogen-bond donors (Lipinski definition) is 1. The van der Waals surface area contributed by atoms with Crippen molar-refractivity contribution in [3.63, 3.8) is 0 Å². The molecule has 0 bridgehead atoms. The summed E-state index contributed by atoms with van der Waals surface area (Å²) in [6, 6.07) is 11.3. The van der Waals surface area contributed by atoms with Gasteiger partial charge in [-0.25, -0.2) is 8.42 Å². The van der Waals surface area contributed by atoms with Crippen LogP contribution in [-0.4, -0.2) is 37.0 Å². The summed E-state index contributed by atoms with van der Waals surface area (Å²) in [5, 5.41) is 3.35. The third kappa shape index (κ3) is 5.33. The molecule has 1 aromatic carbocycles. The highest BCUT2D eigenvalue weighted by molar-refractivity contribution is 7.90. The standard InChI is InChI=1S/C29H31N5O3S/c1-17(2)22-10-9-20(33-29(22)30-4)15-21-16-25(28-24(32-21)13-18(3)31-28)34-23-11-8-19(26-7-6-12-37-26)14-27(23)38(5,35)36/h8-11,14,16-17,26H,6-7,12-13,15H2,1-3,5H3,(H,32,34)/t26-/m0/s1. The first-order valence-electron chi connectivity index (χ1n) is 12.8. The maximum atomic E-state index is 12.8. The van der Waals surface area contributed by atoms with Crippen molar-refractivity contribution < 1.29 is 13.2 Å². The second-order valence-electron chi connectivity index (χ2n) is 10.3. The average molecular weight is 530 g/mol. The first-order valence-corrected chi connectivity index (χ1v) is 14.7. The number of ether oxygens (including phenoxy) is 1. The lowest BCUT2D eigenvalue weighted by Gasteiger charge is -2.17. The SMILES string of the molecule is [C-]#[N+]c1nc(Cc2cc(Nc3ccc([C@@H]4CCCO4)cc3S(C)(=O)=O)c3c(n2)CC(C)=N3)ccc1C(C)C. The fourth-order valence-corrected chi connectivity index (χ4v) is 5.88. The Labute approximate surface area is 224 Å². The van der Waals surface area contributed by atoms with Crippen LogP contribution >= 0.6 is 0 Å². The van der Waals surface area contributed by atoms with Crippen molar-refractivity contribution in [2.24, 2.45) is 4.99 Å². The Morgan fingerprint density at radius 3 is 2.63 bits per heavy atom. The molecule has 0 amide bonds. The van der Waals surface area contributed by atoms with Gasteiger partial charge in [0.05, 0.1) is 40.2 Å². The fourth-order valence-electron chi connectivity index (χ4n) is 5.01. The lowest BCUT2D eigenvalue weighted by molar-refractivity contribution is 0.112. The van der Waals surface area contributed by atoms with E-state index >= 15 is 0 Å². The van der Waals surface area contributed by atoms with Gasteiger partial charge in [-0.3, -0.25) is 9.98 Å². The molecule has 1 saturated heterocycles. The lowest BCUT2D eigenvalue weighted by Crippen LogP contribution is -2.07. The molecule has 1 N–H and O–H groups in total. The van der Waals surface area contributed by atoms with Gasteiger partial charge in [0.25, 0.3) is 5.82 Å². The molecule has 5 rings (SSSR count). The van der Waals surface area contributed by atoms with Gasteiger partial charge in [-0.05, 0) is 61.1 Å². The van der Waals surface area contributed by atoms with Gasteiger partial charge in [-0.1, -0.05) is 32.6 Å². The Hall–Kier alpha value is -3.61. The van der Waals surface area contributed by atoms with E-state index in [0.717, 1.165) is 52.4 Å². The minimum Gasteiger partial charge on any atom is -0.374 e. The van der Waals surface area contributed by atoms with Crippen molar-refractivity contribution in [1.82, 2.24) is 9.97 Å². The van der Waals surface area contributed by atoms with E-state index in [0.29, 0.717) is 36.6 Å². The molecule has 4 heterocycles. The molecule has 38 heavy (non-hydrogen) atoms. The summed E-state index contributed by atoms with van der Waals surface area (Å²) in [4.78, 5) is 18.0. The number of benzene rings is 1. The molecule has 1 atom stereocenters. The van der Waals surface area contributed by atoms with Crippen LogP contribution in [-0.2, 0) is 27.4 Å². The number of nitrogens with one attached hydrogen (secondary N) is 1. The largest absolute Gasteiger partial charge is 0.374 e. The van der Waals surface area contributed by atoms with Crippen molar-refractivity contribution in [2.45, 2.75) is 63.4 Å². The molecule has 2 aromatic heterocycles. The number of nitrogens with zero attached hydrogens (tertiary/aromatic N) is 4. The van der Waals surface area contributed by atoms with E-state index in [4.69, 9.17) is 21.3 Å². The Morgan fingerprint density at radius 1 is 1.13 bits per heavy atom. The molecule has 0 saturated carbocycles. The third-order valence-corrected chi connectivity index (χ3v) is 8.01. The normalized spacial score (nSPS) is 16.8. The van der Waals surface area contributed by atoms with Crippen LogP contribution < -0.4 is 5.32 Å². The van der Waals surface area contributed by atoms with Gasteiger partial charge in [0.2, 0.25) is 0 Å². The Bertz CT molecular complexity index is 1580. The number of hydrogen-bond acceptors (Lipinski definition) is 7. The second-order valence-corrected chi connectivity index (χ2v) is 12.3. The van der Waals surface area contributed by atoms with Crippen LogP contribution in [0.4, 0.5) is 22.9 Å². The van der Waals surface area contributed by atoms with E-state index in [1.54, 1.807) is 12.1 Å². The van der Waals surface area contributed by atoms with Gasteiger partial charge >= 0.3 is 0 Å². The number of fused-ring (bicyclic) bond motifs is 1. The van der Waals surface area contributed by atoms with E-state index in [1.807, 2.05) is 45.0 Å². The van der Waals surface area contributed by atoms with Crippen molar-refractivity contribution in [1.29, 1.82) is 0 Å². The zero-order valence-corrected chi connectivity index (χ0v) is 22.9. The predicted octanol–water partition coefficient (Wildman–Crippen LogP) is 6.39. The number of aliphatic imine (C=N–C) groups is 1. The van der Waals surface area contributed by atoms with Crippen molar-refractivity contribution in [3.8, 4) is 0 Å². The highest BCUT2D eigenvalue weighted by atomic mass is 32.2. The van der Waals surface area contributed by atoms with Crippen LogP contribution in [0.5, 0.6) is 0 Å². The van der Waals surface area contributed by atoms with Crippen LogP contribution in [0.15, 0.2) is 46.3 Å². The molecule has 1 fully saturated rings. The average Bonchev–Trinajstić information content (AvgIpc) is 3.53. The number of sulfone groups is 1. The predicted molar refractivity (Wildman–Crippen MR) is 149 cm³/mol. The molecule has 0 radical (unpaired) electrons. The summed E-state index contributed by atoms with van der Waals surface area (Å²) in [7, 11) is -3.52. The minimum absolute atomic E-state index is 0.0801. The zero-order chi connectivity index (χ0) is 27.0. The van der Waals surface area contributed by atoms with Crippen LogP contribution in [0.1, 0.15) is 73.8 Å². The van der Waals surface area contributed by atoms with Crippen LogP contribution in [0.25, 0.3) is 4.85 Å². The molecule has 196 valence electrons. The monoisotopic (exact) mass is 529 g/mol. The molecule has 9 heteroatoms. The zero-order valence-electron chi connectivity index (χ0n) is 22.1. The van der Waals surface area contributed by atoms with E-state index in [-0.39, 0.29) is 16.9 Å². The molecule has 0 unspecified atom stereocenters. The van der Waals surface area contributed by atoms with Crippen LogP contribution in [0.2, 0.25) is 0 Å². The topological polar surface area (TPSA) is 97.9 Å². The third-order valence-electron chi connectivity index (χ3n) is 6.87. The first kappa shape index (κ1) is 26.0. The summed E-state index contributed by atoms with van der Waals surface area (Å²) in [5.74, 6) is 0.630. The van der Waals surface area contributed by atoms with Crippen molar-refractivity contribution in [3.05, 3.63) is 76.0 Å². The van der Waals surface area contributed by atoms with E-state index in [9.17, 15) is 8.42 Å². The number of pyridine rings is 2. The molecule has 0 aliphatic carbocycles. The number of anilines is 2. The fraction of sp³-hybridized carbons (Fsp3) is 0.379. The lowest BCUT2D eigenvalue weighted by atomic mass is 10.0. The van der Waals surface area contributed by atoms with Gasteiger partial charge in [0.15, 0.2) is 9.84 Å². The van der Waals surface area contributed by atoms with E-state index in [1.165, 1.54) is 6.26 Å². The minimum atomic E-state index is -3.52. The summed E-state index contributed by atoms with van der Waals surface area (Å²) >= 11 is 0. The van der Waals surface area contributed by atoms with Gasteiger partial charge in [0, 0.05) is 25.0 Å². The smallest absolute Gasteiger partial charge is 0.273 e. The summed E-state index contributed by atoms with van der Waals surface area (Å²) in [6.07, 6.45) is 4.06. The maximum Gasteiger partial charge on any atom is 0.273 e. The Balaban J connectivity index is 1.52. The van der Waals surface area contributed by atoms with Crippen molar-refractivity contribution >= 4 is 38.4 Å². The molecule has 0 spiro atoms. The van der Waals surface area contributed by atoms with Crippen LogP contribution in [0.3, 0.4) is 0 Å². The molecular weight excluding hydrogens is 498 g/mol. The highest BCUT2D eigenvalue weighted by Crippen LogP contribution is 2.39. The Kier molecular flexibility index (Phi) is 7.03. The second kappa shape index (κ2) is 10.3. The molecule has 8 nitrogen and oxygen atoms in total. The first-order chi connectivity index (χ1) is 18.1. The summed E-state index contributed by atoms with van der Waals surface area (Å²) in [6.45, 7) is 14.3. The number of aromatic nitrogens is 2. The maximum absolute atomic E-state index is 12.8. The summed E-state index contributed by atoms with van der Waals surface area (Å²) in [5.41, 5.74) is 7.01. The van der Waals surface area contributed by atoms with Crippen LogP contribution in [0, 0.1) is 6.57 Å². The van der Waals surface area contributed by atoms with Gasteiger partial charge in [-0.2, -0.15) is 0 Å². The van der Waals surface area contributed by atoms with Gasteiger partial charge in [-0.15, -0.1) is 4.98 Å². The number of rotatable bonds is 7. The Morgan fingerprint density at radius 2 is 1.95 bits per heavy atom. The highest BCUT2D eigenvalue weighted by Gasteiger charge is 2.24. The molecular formula is C29H31N5O3S. The van der Waals surface area contributed by atoms with Crippen molar-refractivity contribution in [2.75, 3.05) is 18.2 Å². The van der Waals surface area contributed by atoms with Gasteiger partial charge in [0.1, 0.15) is 11.4 Å². The quantitative estimate of drug-likeness (QED) is 0.356. The van der Waals surface area contributed by atoms with Gasteiger partial charge < -0.3 is 14.9 Å². The van der Waals surface area contributed by atoms with E-state index < -0.39 is 9.84 Å². The summed E-state index contributed by atoms with van der Waals surface area (Å²) < 4.78 is 31.4. The molecule has 2 aliphatic rings. The molecule has 2 aliphatic heterocycles. The van der Waals surface area contributed by atoms with E-state index in [2.05, 4.69) is 15.1 Å². The molecule has 3 aromatic rings.